The van der Waals surface area contributed by atoms with E-state index in [1.807, 2.05) is 43.3 Å². The van der Waals surface area contributed by atoms with E-state index in [4.69, 9.17) is 8.83 Å². The van der Waals surface area contributed by atoms with Crippen LogP contribution in [0.3, 0.4) is 0 Å². The van der Waals surface area contributed by atoms with E-state index in [0.29, 0.717) is 28.5 Å². The average Bonchev–Trinajstić information content (AvgIpc) is 3.35. The van der Waals surface area contributed by atoms with Crippen LogP contribution < -0.4 is 10.9 Å². The van der Waals surface area contributed by atoms with Crippen LogP contribution in [0.15, 0.2) is 56.3 Å². The van der Waals surface area contributed by atoms with Crippen LogP contribution in [0.25, 0.3) is 33.1 Å². The van der Waals surface area contributed by atoms with Crippen molar-refractivity contribution in [3.8, 4) is 11.1 Å². The van der Waals surface area contributed by atoms with E-state index in [9.17, 15) is 18.0 Å². The van der Waals surface area contributed by atoms with Gasteiger partial charge in [0.05, 0.1) is 35.1 Å². The van der Waals surface area contributed by atoms with Crippen molar-refractivity contribution in [2.24, 2.45) is 0 Å². The van der Waals surface area contributed by atoms with E-state index in [1.165, 1.54) is 0 Å². The molecule has 7 nitrogen and oxygen atoms in total. The third-order valence-electron chi connectivity index (χ3n) is 6.30. The number of hydrogen-bond donors (Lipinski definition) is 1. The second kappa shape index (κ2) is 7.88. The SMILES string of the molecule is Cc1cc2oc(=O)c(CC(=O)N[C@@H]3CCS(=O)(=O)C3)c(C)c2c2occ(-c3ccccc3)c12. The average molecular weight is 466 g/mol. The highest BCUT2D eigenvalue weighted by Crippen LogP contribution is 2.38. The Morgan fingerprint density at radius 3 is 2.61 bits per heavy atom. The summed E-state index contributed by atoms with van der Waals surface area (Å²) in [5.41, 5.74) is 4.16. The van der Waals surface area contributed by atoms with Gasteiger partial charge in [0.1, 0.15) is 11.2 Å². The van der Waals surface area contributed by atoms with Crippen molar-refractivity contribution in [2.45, 2.75) is 32.7 Å². The molecule has 0 unspecified atom stereocenters. The highest BCUT2D eigenvalue weighted by molar-refractivity contribution is 7.91. The number of aryl methyl sites for hydroxylation is 2. The molecule has 8 heteroatoms. The largest absolute Gasteiger partial charge is 0.463 e. The van der Waals surface area contributed by atoms with Crippen LogP contribution in [0.5, 0.6) is 0 Å². The van der Waals surface area contributed by atoms with Gasteiger partial charge in [0.15, 0.2) is 9.84 Å². The van der Waals surface area contributed by atoms with Crippen LogP contribution in [0.1, 0.15) is 23.1 Å². The zero-order chi connectivity index (χ0) is 23.3. The van der Waals surface area contributed by atoms with Crippen LogP contribution in [0.2, 0.25) is 0 Å². The molecule has 0 aliphatic carbocycles. The molecule has 5 rings (SSSR count). The Balaban J connectivity index is 1.58. The maximum atomic E-state index is 12.7. The molecule has 0 saturated carbocycles. The molecule has 3 heterocycles. The summed E-state index contributed by atoms with van der Waals surface area (Å²) in [5.74, 6) is -0.410. The molecule has 1 fully saturated rings. The number of benzene rings is 2. The smallest absolute Gasteiger partial charge is 0.340 e. The molecule has 1 aliphatic heterocycles. The minimum absolute atomic E-state index is 0.0641. The first kappa shape index (κ1) is 21.5. The molecular weight excluding hydrogens is 442 g/mol. The van der Waals surface area contributed by atoms with Gasteiger partial charge in [-0.3, -0.25) is 4.79 Å². The number of carbonyl (C=O) groups excluding carboxylic acids is 1. The first-order chi connectivity index (χ1) is 15.7. The lowest BCUT2D eigenvalue weighted by molar-refractivity contribution is -0.121. The molecule has 0 radical (unpaired) electrons. The Hall–Kier alpha value is -3.39. The molecule has 1 N–H and O–H groups in total. The van der Waals surface area contributed by atoms with Gasteiger partial charge in [-0.15, -0.1) is 0 Å². The van der Waals surface area contributed by atoms with Crippen molar-refractivity contribution in [1.29, 1.82) is 0 Å². The van der Waals surface area contributed by atoms with Gasteiger partial charge < -0.3 is 14.2 Å². The van der Waals surface area contributed by atoms with E-state index < -0.39 is 27.4 Å². The van der Waals surface area contributed by atoms with Crippen LogP contribution in [0.4, 0.5) is 0 Å². The monoisotopic (exact) mass is 465 g/mol. The van der Waals surface area contributed by atoms with Gasteiger partial charge in [-0.1, -0.05) is 30.3 Å². The summed E-state index contributed by atoms with van der Waals surface area (Å²) in [4.78, 5) is 25.3. The van der Waals surface area contributed by atoms with Crippen molar-refractivity contribution in [1.82, 2.24) is 5.32 Å². The van der Waals surface area contributed by atoms with E-state index in [0.717, 1.165) is 22.1 Å². The first-order valence-electron chi connectivity index (χ1n) is 10.8. The predicted octanol–water partition coefficient (Wildman–Crippen LogP) is 3.67. The molecule has 33 heavy (non-hydrogen) atoms. The molecule has 0 bridgehead atoms. The number of rotatable bonds is 4. The number of furan rings is 1. The van der Waals surface area contributed by atoms with Crippen molar-refractivity contribution in [2.75, 3.05) is 11.5 Å². The number of fused-ring (bicyclic) bond motifs is 3. The van der Waals surface area contributed by atoms with Crippen LogP contribution in [-0.4, -0.2) is 31.9 Å². The van der Waals surface area contributed by atoms with Gasteiger partial charge in [0, 0.05) is 17.0 Å². The predicted molar refractivity (Wildman–Crippen MR) is 126 cm³/mol. The van der Waals surface area contributed by atoms with Gasteiger partial charge in [0.25, 0.3) is 0 Å². The lowest BCUT2D eigenvalue weighted by Crippen LogP contribution is -2.37. The number of nitrogens with one attached hydrogen (secondary N) is 1. The molecule has 1 amide bonds. The molecule has 0 spiro atoms. The summed E-state index contributed by atoms with van der Waals surface area (Å²) in [6.45, 7) is 3.72. The fourth-order valence-corrected chi connectivity index (χ4v) is 6.34. The summed E-state index contributed by atoms with van der Waals surface area (Å²) in [5, 5.41) is 4.32. The van der Waals surface area contributed by atoms with E-state index >= 15 is 0 Å². The molecule has 4 aromatic rings. The molecule has 1 saturated heterocycles. The summed E-state index contributed by atoms with van der Waals surface area (Å²) in [6.07, 6.45) is 1.89. The third-order valence-corrected chi connectivity index (χ3v) is 8.07. The minimum atomic E-state index is -3.12. The number of hydrogen-bond acceptors (Lipinski definition) is 6. The summed E-state index contributed by atoms with van der Waals surface area (Å²) < 4.78 is 34.9. The lowest BCUT2D eigenvalue weighted by Gasteiger charge is -2.13. The second-order valence-corrected chi connectivity index (χ2v) is 10.9. The quantitative estimate of drug-likeness (QED) is 0.461. The minimum Gasteiger partial charge on any atom is -0.463 e. The Bertz CT molecular complexity index is 1560. The van der Waals surface area contributed by atoms with Crippen molar-refractivity contribution >= 4 is 37.7 Å². The topological polar surface area (TPSA) is 107 Å². The maximum Gasteiger partial charge on any atom is 0.340 e. The summed E-state index contributed by atoms with van der Waals surface area (Å²) in [7, 11) is -3.12. The fraction of sp³-hybridized carbons (Fsp3) is 0.280. The van der Waals surface area contributed by atoms with Crippen molar-refractivity contribution in [3.05, 3.63) is 69.8 Å². The standard InChI is InChI=1S/C25H23NO6S/c1-14-10-20-23(24-22(14)19(12-31-24)16-6-4-3-5-7-16)15(2)18(25(28)32-20)11-21(27)26-17-8-9-33(29,30)13-17/h3-7,10,12,17H,8-9,11,13H2,1-2H3,(H,26,27)/t17-/m1/s1. The van der Waals surface area contributed by atoms with Gasteiger partial charge in [-0.05, 0) is 43.0 Å². The van der Waals surface area contributed by atoms with Crippen LogP contribution in [-0.2, 0) is 21.1 Å². The Kier molecular flexibility index (Phi) is 5.12. The molecule has 2 aromatic carbocycles. The van der Waals surface area contributed by atoms with E-state index in [-0.39, 0.29) is 23.5 Å². The van der Waals surface area contributed by atoms with Crippen LogP contribution >= 0.6 is 0 Å². The number of carbonyl (C=O) groups is 1. The van der Waals surface area contributed by atoms with Crippen molar-refractivity contribution in [3.63, 3.8) is 0 Å². The number of sulfone groups is 1. The van der Waals surface area contributed by atoms with Gasteiger partial charge >= 0.3 is 5.63 Å². The highest BCUT2D eigenvalue weighted by atomic mass is 32.2. The third kappa shape index (κ3) is 3.84. The molecule has 2 aromatic heterocycles. The summed E-state index contributed by atoms with van der Waals surface area (Å²) in [6, 6.07) is 11.3. The van der Waals surface area contributed by atoms with Gasteiger partial charge in [0.2, 0.25) is 5.91 Å². The number of amides is 1. The normalized spacial score (nSPS) is 17.6. The van der Waals surface area contributed by atoms with Gasteiger partial charge in [-0.25, -0.2) is 13.2 Å². The molecule has 1 aliphatic rings. The fourth-order valence-electron chi connectivity index (χ4n) is 4.67. The van der Waals surface area contributed by atoms with E-state index in [1.54, 1.807) is 13.2 Å². The Morgan fingerprint density at radius 2 is 1.91 bits per heavy atom. The Labute approximate surface area is 190 Å². The molecule has 1 atom stereocenters. The zero-order valence-corrected chi connectivity index (χ0v) is 19.1. The van der Waals surface area contributed by atoms with Crippen LogP contribution in [0, 0.1) is 13.8 Å². The van der Waals surface area contributed by atoms with Gasteiger partial charge in [-0.2, -0.15) is 0 Å². The first-order valence-corrected chi connectivity index (χ1v) is 12.6. The Morgan fingerprint density at radius 1 is 1.15 bits per heavy atom. The molecule has 170 valence electrons. The summed E-state index contributed by atoms with van der Waals surface area (Å²) >= 11 is 0. The lowest BCUT2D eigenvalue weighted by atomic mass is 9.96. The highest BCUT2D eigenvalue weighted by Gasteiger charge is 2.29. The zero-order valence-electron chi connectivity index (χ0n) is 18.3. The maximum absolute atomic E-state index is 12.7. The van der Waals surface area contributed by atoms with Crippen molar-refractivity contribution < 1.29 is 22.0 Å². The van der Waals surface area contributed by atoms with E-state index in [2.05, 4.69) is 5.32 Å². The molecular formula is C25H23NO6S. The second-order valence-electron chi connectivity index (χ2n) is 8.62.